The van der Waals surface area contributed by atoms with Gasteiger partial charge in [-0.15, -0.1) is 0 Å². The van der Waals surface area contributed by atoms with Crippen LogP contribution >= 0.6 is 23.2 Å². The zero-order valence-electron chi connectivity index (χ0n) is 20.8. The second-order valence-corrected chi connectivity index (χ2v) is 8.58. The lowest BCUT2D eigenvalue weighted by atomic mass is 10.2. The maximum Gasteiger partial charge on any atom is 0.372 e. The van der Waals surface area contributed by atoms with E-state index in [-0.39, 0.29) is 39.3 Å². The Hall–Kier alpha value is -4.16. The molecule has 1 amide bonds. The number of H-pyrrole nitrogens is 1. The predicted molar refractivity (Wildman–Crippen MR) is 139 cm³/mol. The Morgan fingerprint density at radius 3 is 2.11 bits per heavy atom. The normalized spacial score (nSPS) is 10.6. The lowest BCUT2D eigenvalue weighted by Gasteiger charge is -2.03. The molecule has 4 N–H and O–H groups in total. The first-order valence-electron chi connectivity index (χ1n) is 11.3. The Labute approximate surface area is 226 Å². The smallest absolute Gasteiger partial charge is 0.372 e. The maximum atomic E-state index is 12.2. The topological polar surface area (TPSA) is 176 Å². The summed E-state index contributed by atoms with van der Waals surface area (Å²) in [7, 11) is 1.64. The van der Waals surface area contributed by atoms with Gasteiger partial charge in [-0.1, -0.05) is 37.0 Å². The molecule has 0 saturated heterocycles. The van der Waals surface area contributed by atoms with Gasteiger partial charge in [0.2, 0.25) is 11.7 Å². The Morgan fingerprint density at radius 1 is 1.00 bits per heavy atom. The number of hydrogen-bond donors (Lipinski definition) is 4. The number of aromatic nitrogens is 5. The Balaban J connectivity index is 0.000000279. The van der Waals surface area contributed by atoms with E-state index in [4.69, 9.17) is 37.8 Å². The highest BCUT2D eigenvalue weighted by Crippen LogP contribution is 2.24. The van der Waals surface area contributed by atoms with Gasteiger partial charge in [0.1, 0.15) is 5.76 Å². The molecule has 3 aromatic heterocycles. The number of imidazole rings is 2. The highest BCUT2D eigenvalue weighted by atomic mass is 35.5. The Morgan fingerprint density at radius 2 is 1.66 bits per heavy atom. The molecule has 0 aliphatic carbocycles. The van der Waals surface area contributed by atoms with Crippen molar-refractivity contribution in [2.75, 3.05) is 5.32 Å². The van der Waals surface area contributed by atoms with Crippen molar-refractivity contribution in [1.82, 2.24) is 24.5 Å². The molecule has 12 nitrogen and oxygen atoms in total. The molecule has 0 radical (unpaired) electrons. The first-order valence-corrected chi connectivity index (χ1v) is 12.0. The first kappa shape index (κ1) is 28.4. The van der Waals surface area contributed by atoms with Crippen molar-refractivity contribution in [2.45, 2.75) is 33.6 Å². The van der Waals surface area contributed by atoms with Gasteiger partial charge >= 0.3 is 11.9 Å². The standard InChI is InChI=1S/C17H15ClN4O4.C7H9ClN2O2/c1-3-11-13(18)22-14(20-11)15(23)19-10-6-4-9(5-7-10)16-21-12(17(24)25)8(2)26-16;1-3-4-5(8)9-6(7(11)12)10(4)2/h4-7H,3H2,1-2H3,(H,19,23)(H,20,22)(H,24,25);3H2,1-2H3,(H,11,12). The van der Waals surface area contributed by atoms with E-state index in [0.29, 0.717) is 29.8 Å². The third-order valence-corrected chi connectivity index (χ3v) is 5.99. The van der Waals surface area contributed by atoms with E-state index >= 15 is 0 Å². The molecule has 4 aromatic rings. The molecule has 4 rings (SSSR count). The average molecular weight is 563 g/mol. The van der Waals surface area contributed by atoms with Crippen LogP contribution in [0.4, 0.5) is 5.69 Å². The minimum absolute atomic E-state index is 0.0168. The zero-order chi connectivity index (χ0) is 28.1. The molecular weight excluding hydrogens is 539 g/mol. The van der Waals surface area contributed by atoms with E-state index in [1.54, 1.807) is 31.3 Å². The molecule has 38 heavy (non-hydrogen) atoms. The first-order chi connectivity index (χ1) is 18.0. The summed E-state index contributed by atoms with van der Waals surface area (Å²) in [5.41, 5.74) is 2.44. The molecule has 14 heteroatoms. The van der Waals surface area contributed by atoms with Crippen molar-refractivity contribution in [1.29, 1.82) is 0 Å². The molecule has 0 saturated carbocycles. The number of nitrogens with one attached hydrogen (secondary N) is 2. The molecule has 0 aliphatic rings. The number of carbonyl (C=O) groups is 3. The number of halogens is 2. The summed E-state index contributed by atoms with van der Waals surface area (Å²) < 4.78 is 6.86. The van der Waals surface area contributed by atoms with Crippen LogP contribution < -0.4 is 5.32 Å². The van der Waals surface area contributed by atoms with Gasteiger partial charge in [-0.05, 0) is 44.0 Å². The van der Waals surface area contributed by atoms with Gasteiger partial charge in [-0.3, -0.25) is 4.79 Å². The third kappa shape index (κ3) is 6.21. The molecule has 1 aromatic carbocycles. The minimum Gasteiger partial charge on any atom is -0.476 e. The lowest BCUT2D eigenvalue weighted by Crippen LogP contribution is -2.13. The van der Waals surface area contributed by atoms with Crippen molar-refractivity contribution in [2.24, 2.45) is 7.05 Å². The number of aromatic carboxylic acids is 2. The Bertz CT molecular complexity index is 1490. The fraction of sp³-hybridized carbons (Fsp3) is 0.250. The van der Waals surface area contributed by atoms with Crippen molar-refractivity contribution in [3.63, 3.8) is 0 Å². The van der Waals surface area contributed by atoms with Gasteiger partial charge in [0.25, 0.3) is 5.91 Å². The lowest BCUT2D eigenvalue weighted by molar-refractivity contribution is 0.0672. The predicted octanol–water partition coefficient (Wildman–Crippen LogP) is 4.87. The van der Waals surface area contributed by atoms with Crippen LogP contribution in [0.25, 0.3) is 11.5 Å². The summed E-state index contributed by atoms with van der Waals surface area (Å²) in [6, 6.07) is 6.63. The van der Waals surface area contributed by atoms with Gasteiger partial charge in [0.05, 0.1) is 11.4 Å². The molecule has 0 fully saturated rings. The molecule has 200 valence electrons. The van der Waals surface area contributed by atoms with Crippen LogP contribution in [-0.2, 0) is 19.9 Å². The van der Waals surface area contributed by atoms with Crippen LogP contribution in [0.5, 0.6) is 0 Å². The van der Waals surface area contributed by atoms with Gasteiger partial charge in [-0.25, -0.2) is 24.5 Å². The van der Waals surface area contributed by atoms with Gasteiger partial charge in [0, 0.05) is 18.3 Å². The van der Waals surface area contributed by atoms with Crippen molar-refractivity contribution < 1.29 is 29.0 Å². The van der Waals surface area contributed by atoms with E-state index in [0.717, 1.165) is 5.69 Å². The van der Waals surface area contributed by atoms with E-state index in [2.05, 4.69) is 25.3 Å². The number of carbonyl (C=O) groups excluding carboxylic acids is 1. The van der Waals surface area contributed by atoms with Gasteiger partial charge in [-0.2, -0.15) is 0 Å². The van der Waals surface area contributed by atoms with E-state index < -0.39 is 17.8 Å². The van der Waals surface area contributed by atoms with Crippen LogP contribution in [-0.4, -0.2) is 52.6 Å². The number of hydrogen-bond acceptors (Lipinski definition) is 7. The van der Waals surface area contributed by atoms with E-state index in [9.17, 15) is 14.4 Å². The van der Waals surface area contributed by atoms with Crippen LogP contribution in [0.15, 0.2) is 28.7 Å². The summed E-state index contributed by atoms with van der Waals surface area (Å²) in [5, 5.41) is 20.9. The van der Waals surface area contributed by atoms with Crippen LogP contribution in [0.2, 0.25) is 10.3 Å². The number of nitrogens with zero attached hydrogens (tertiary/aromatic N) is 4. The average Bonchev–Trinajstić information content (AvgIpc) is 3.54. The van der Waals surface area contributed by atoms with Crippen molar-refractivity contribution in [3.05, 3.63) is 69.1 Å². The number of aromatic amines is 1. The number of benzene rings is 1. The largest absolute Gasteiger partial charge is 0.476 e. The fourth-order valence-electron chi connectivity index (χ4n) is 3.41. The van der Waals surface area contributed by atoms with Crippen LogP contribution in [0, 0.1) is 6.92 Å². The zero-order valence-corrected chi connectivity index (χ0v) is 22.3. The summed E-state index contributed by atoms with van der Waals surface area (Å²) >= 11 is 11.6. The molecule has 0 unspecified atom stereocenters. The maximum absolute atomic E-state index is 12.2. The second-order valence-electron chi connectivity index (χ2n) is 7.86. The van der Waals surface area contributed by atoms with Gasteiger partial charge in [0.15, 0.2) is 21.8 Å². The highest BCUT2D eigenvalue weighted by molar-refractivity contribution is 6.30. The van der Waals surface area contributed by atoms with E-state index in [1.165, 1.54) is 11.5 Å². The molecule has 0 aliphatic heterocycles. The number of anilines is 1. The van der Waals surface area contributed by atoms with Crippen LogP contribution in [0.1, 0.15) is 62.7 Å². The molecule has 0 bridgehead atoms. The summed E-state index contributed by atoms with van der Waals surface area (Å²) in [5.74, 6) is -2.08. The van der Waals surface area contributed by atoms with E-state index in [1.807, 2.05) is 13.8 Å². The van der Waals surface area contributed by atoms with Crippen molar-refractivity contribution in [3.8, 4) is 11.5 Å². The summed E-state index contributed by atoms with van der Waals surface area (Å²) in [4.78, 5) is 48.3. The molecular formula is C24H24Cl2N6O6. The monoisotopic (exact) mass is 562 g/mol. The molecule has 0 spiro atoms. The highest BCUT2D eigenvalue weighted by Gasteiger charge is 2.18. The summed E-state index contributed by atoms with van der Waals surface area (Å²) in [6.07, 6.45) is 1.32. The quantitative estimate of drug-likeness (QED) is 0.244. The van der Waals surface area contributed by atoms with Crippen molar-refractivity contribution >= 4 is 46.7 Å². The summed E-state index contributed by atoms with van der Waals surface area (Å²) in [6.45, 7) is 5.34. The van der Waals surface area contributed by atoms with Crippen LogP contribution in [0.3, 0.4) is 0 Å². The second kappa shape index (κ2) is 11.9. The minimum atomic E-state index is -1.15. The SMILES string of the molecule is CCc1[nH]c(C(=O)Nc2ccc(-c3nc(C(=O)O)c(C)o3)cc2)nc1Cl.CCc1c(Cl)nc(C(=O)O)n1C. The van der Waals surface area contributed by atoms with Gasteiger partial charge < -0.3 is 29.5 Å². The number of carboxylic acid groups (broad SMARTS) is 2. The number of oxazole rings is 1. The number of aryl methyl sites for hydroxylation is 2. The fourth-order valence-corrected chi connectivity index (χ4v) is 4.01. The Kier molecular flexibility index (Phi) is 8.92. The molecule has 0 atom stereocenters. The number of rotatable bonds is 7. The third-order valence-electron chi connectivity index (χ3n) is 5.38. The number of carboxylic acids is 2. The number of amides is 1. The molecule has 3 heterocycles.